The van der Waals surface area contributed by atoms with E-state index in [1.54, 1.807) is 6.20 Å². The van der Waals surface area contributed by atoms with E-state index in [2.05, 4.69) is 16.9 Å². The molecule has 0 aliphatic carbocycles. The molecule has 2 rings (SSSR count). The number of hydrogen-bond donors (Lipinski definition) is 1. The third-order valence-electron chi connectivity index (χ3n) is 2.89. The van der Waals surface area contributed by atoms with E-state index in [4.69, 9.17) is 4.74 Å². The van der Waals surface area contributed by atoms with Crippen molar-refractivity contribution in [2.45, 2.75) is 25.2 Å². The van der Waals surface area contributed by atoms with E-state index in [0.29, 0.717) is 5.69 Å². The van der Waals surface area contributed by atoms with Crippen LogP contribution in [0.15, 0.2) is 6.20 Å². The lowest BCUT2D eigenvalue weighted by molar-refractivity contribution is 0.0538. The first-order chi connectivity index (χ1) is 6.74. The standard InChI is InChI=1S/C10H14N2O2/c1-10(2-4-14-5-3-10)9-11-6-8(7-13)12-9/h6-7H,2-5H2,1H3,(H,11,12). The fourth-order valence-corrected chi connectivity index (χ4v) is 1.76. The summed E-state index contributed by atoms with van der Waals surface area (Å²) in [7, 11) is 0. The van der Waals surface area contributed by atoms with Crippen molar-refractivity contribution < 1.29 is 9.53 Å². The highest BCUT2D eigenvalue weighted by molar-refractivity contribution is 5.71. The number of carbonyl (C=O) groups excluding carboxylic acids is 1. The molecule has 0 unspecified atom stereocenters. The molecule has 2 heterocycles. The van der Waals surface area contributed by atoms with E-state index in [1.165, 1.54) is 0 Å². The van der Waals surface area contributed by atoms with Gasteiger partial charge in [-0.2, -0.15) is 0 Å². The average molecular weight is 194 g/mol. The van der Waals surface area contributed by atoms with Crippen LogP contribution in [0, 0.1) is 0 Å². The predicted octanol–water partition coefficient (Wildman–Crippen LogP) is 1.29. The van der Waals surface area contributed by atoms with Crippen LogP contribution >= 0.6 is 0 Å². The Morgan fingerprint density at radius 2 is 2.29 bits per heavy atom. The molecule has 4 heteroatoms. The Morgan fingerprint density at radius 3 is 2.86 bits per heavy atom. The molecule has 0 spiro atoms. The zero-order valence-corrected chi connectivity index (χ0v) is 8.25. The van der Waals surface area contributed by atoms with Crippen molar-refractivity contribution in [1.82, 2.24) is 9.97 Å². The van der Waals surface area contributed by atoms with Gasteiger partial charge in [0.15, 0.2) is 6.29 Å². The monoisotopic (exact) mass is 194 g/mol. The number of aromatic nitrogens is 2. The van der Waals surface area contributed by atoms with E-state index in [1.807, 2.05) is 0 Å². The van der Waals surface area contributed by atoms with Crippen molar-refractivity contribution in [3.8, 4) is 0 Å². The maximum atomic E-state index is 10.5. The largest absolute Gasteiger partial charge is 0.381 e. The molecule has 0 amide bonds. The minimum Gasteiger partial charge on any atom is -0.381 e. The molecule has 0 atom stereocenters. The number of rotatable bonds is 2. The fourth-order valence-electron chi connectivity index (χ4n) is 1.76. The van der Waals surface area contributed by atoms with E-state index >= 15 is 0 Å². The van der Waals surface area contributed by atoms with Crippen LogP contribution in [-0.2, 0) is 10.2 Å². The molecule has 14 heavy (non-hydrogen) atoms. The Bertz CT molecular complexity index is 327. The second kappa shape index (κ2) is 3.53. The first-order valence-corrected chi connectivity index (χ1v) is 4.83. The normalized spacial score (nSPS) is 20.6. The summed E-state index contributed by atoms with van der Waals surface area (Å²) in [5, 5.41) is 0. The van der Waals surface area contributed by atoms with E-state index in [9.17, 15) is 4.79 Å². The molecule has 76 valence electrons. The molecular formula is C10H14N2O2. The predicted molar refractivity (Wildman–Crippen MR) is 51.4 cm³/mol. The molecule has 4 nitrogen and oxygen atoms in total. The molecular weight excluding hydrogens is 180 g/mol. The van der Waals surface area contributed by atoms with Gasteiger partial charge in [0.05, 0.1) is 11.9 Å². The van der Waals surface area contributed by atoms with Gasteiger partial charge in [0.1, 0.15) is 5.82 Å². The zero-order chi connectivity index (χ0) is 10.0. The molecule has 1 aromatic rings. The lowest BCUT2D eigenvalue weighted by Gasteiger charge is -2.31. The second-order valence-corrected chi connectivity index (χ2v) is 3.98. The van der Waals surface area contributed by atoms with Gasteiger partial charge in [0, 0.05) is 18.6 Å². The molecule has 0 aromatic carbocycles. The van der Waals surface area contributed by atoms with E-state index in [0.717, 1.165) is 38.2 Å². The molecule has 1 aliphatic heterocycles. The van der Waals surface area contributed by atoms with Gasteiger partial charge in [0.2, 0.25) is 0 Å². The molecule has 1 aromatic heterocycles. The van der Waals surface area contributed by atoms with Crippen molar-refractivity contribution in [3.05, 3.63) is 17.7 Å². The highest BCUT2D eigenvalue weighted by Gasteiger charge is 2.31. The molecule has 0 bridgehead atoms. The van der Waals surface area contributed by atoms with Gasteiger partial charge in [-0.05, 0) is 12.8 Å². The summed E-state index contributed by atoms with van der Waals surface area (Å²) in [5.41, 5.74) is 0.590. The Morgan fingerprint density at radius 1 is 1.57 bits per heavy atom. The summed E-state index contributed by atoms with van der Waals surface area (Å²) in [4.78, 5) is 17.8. The second-order valence-electron chi connectivity index (χ2n) is 3.98. The third-order valence-corrected chi connectivity index (χ3v) is 2.89. The van der Waals surface area contributed by atoms with Gasteiger partial charge in [0.25, 0.3) is 0 Å². The van der Waals surface area contributed by atoms with E-state index < -0.39 is 0 Å². The Labute approximate surface area is 82.7 Å². The summed E-state index contributed by atoms with van der Waals surface area (Å²) in [6.07, 6.45) is 4.29. The van der Waals surface area contributed by atoms with Crippen LogP contribution in [0.1, 0.15) is 36.1 Å². The smallest absolute Gasteiger partial charge is 0.167 e. The maximum Gasteiger partial charge on any atom is 0.167 e. The number of H-pyrrole nitrogens is 1. The Kier molecular flexibility index (Phi) is 2.37. The van der Waals surface area contributed by atoms with Gasteiger partial charge in [-0.1, -0.05) is 6.92 Å². The lowest BCUT2D eigenvalue weighted by Crippen LogP contribution is -2.31. The first kappa shape index (κ1) is 9.40. The van der Waals surface area contributed by atoms with E-state index in [-0.39, 0.29) is 5.41 Å². The molecule has 1 fully saturated rings. The maximum absolute atomic E-state index is 10.5. The average Bonchev–Trinajstić information content (AvgIpc) is 2.67. The SMILES string of the molecule is CC1(c2ncc(C=O)[nH]2)CCOCC1. The number of aldehydes is 1. The van der Waals surface area contributed by atoms with Gasteiger partial charge >= 0.3 is 0 Å². The zero-order valence-electron chi connectivity index (χ0n) is 8.25. The van der Waals surface area contributed by atoms with Crippen molar-refractivity contribution in [1.29, 1.82) is 0 Å². The topological polar surface area (TPSA) is 55.0 Å². The molecule has 0 radical (unpaired) electrons. The van der Waals surface area contributed by atoms with Crippen LogP contribution in [0.5, 0.6) is 0 Å². The summed E-state index contributed by atoms with van der Waals surface area (Å²) < 4.78 is 5.31. The molecule has 0 saturated carbocycles. The van der Waals surface area contributed by atoms with Crippen LogP contribution in [0.25, 0.3) is 0 Å². The van der Waals surface area contributed by atoms with Crippen LogP contribution < -0.4 is 0 Å². The summed E-state index contributed by atoms with van der Waals surface area (Å²) >= 11 is 0. The number of ether oxygens (including phenoxy) is 1. The van der Waals surface area contributed by atoms with Gasteiger partial charge in [-0.25, -0.2) is 4.98 Å². The van der Waals surface area contributed by atoms with Crippen LogP contribution in [-0.4, -0.2) is 29.5 Å². The Balaban J connectivity index is 2.23. The Hall–Kier alpha value is -1.16. The minimum atomic E-state index is 0.0412. The summed E-state index contributed by atoms with van der Waals surface area (Å²) in [5.74, 6) is 0.905. The number of aromatic amines is 1. The van der Waals surface area contributed by atoms with Crippen molar-refractivity contribution in [2.24, 2.45) is 0 Å². The van der Waals surface area contributed by atoms with Crippen molar-refractivity contribution in [2.75, 3.05) is 13.2 Å². The first-order valence-electron chi connectivity index (χ1n) is 4.83. The van der Waals surface area contributed by atoms with Crippen molar-refractivity contribution in [3.63, 3.8) is 0 Å². The molecule has 1 aliphatic rings. The van der Waals surface area contributed by atoms with Crippen LogP contribution in [0.4, 0.5) is 0 Å². The highest BCUT2D eigenvalue weighted by atomic mass is 16.5. The highest BCUT2D eigenvalue weighted by Crippen LogP contribution is 2.31. The number of carbonyl (C=O) groups is 1. The minimum absolute atomic E-state index is 0.0412. The van der Waals surface area contributed by atoms with Crippen molar-refractivity contribution >= 4 is 6.29 Å². The molecule has 1 saturated heterocycles. The number of imidazole rings is 1. The number of nitrogens with one attached hydrogen (secondary N) is 1. The fraction of sp³-hybridized carbons (Fsp3) is 0.600. The van der Waals surface area contributed by atoms with Crippen LogP contribution in [0.3, 0.4) is 0 Å². The molecule has 1 N–H and O–H groups in total. The summed E-state index contributed by atoms with van der Waals surface area (Å²) in [6, 6.07) is 0. The summed E-state index contributed by atoms with van der Waals surface area (Å²) in [6.45, 7) is 3.70. The third kappa shape index (κ3) is 1.57. The lowest BCUT2D eigenvalue weighted by atomic mass is 9.82. The van der Waals surface area contributed by atoms with Gasteiger partial charge in [-0.3, -0.25) is 4.79 Å². The quantitative estimate of drug-likeness (QED) is 0.722. The van der Waals surface area contributed by atoms with Gasteiger partial charge in [-0.15, -0.1) is 0 Å². The van der Waals surface area contributed by atoms with Gasteiger partial charge < -0.3 is 9.72 Å². The van der Waals surface area contributed by atoms with Crippen LogP contribution in [0.2, 0.25) is 0 Å². The number of nitrogens with zero attached hydrogens (tertiary/aromatic N) is 1. The number of hydrogen-bond acceptors (Lipinski definition) is 3.